The zero-order valence-corrected chi connectivity index (χ0v) is 11.0. The van der Waals surface area contributed by atoms with E-state index in [-0.39, 0.29) is 5.54 Å². The van der Waals surface area contributed by atoms with E-state index in [1.54, 1.807) is 7.11 Å². The summed E-state index contributed by atoms with van der Waals surface area (Å²) in [7, 11) is 3.85. The molecule has 2 rings (SSSR count). The number of rotatable bonds is 4. The Kier molecular flexibility index (Phi) is 4.06. The predicted octanol–water partition coefficient (Wildman–Crippen LogP) is 3.16. The minimum Gasteiger partial charge on any atom is -0.496 e. The van der Waals surface area contributed by atoms with Crippen LogP contribution in [0.15, 0.2) is 24.3 Å². The molecule has 1 aromatic rings. The third kappa shape index (κ3) is 2.81. The average molecular weight is 233 g/mol. The molecule has 0 bridgehead atoms. The van der Waals surface area contributed by atoms with Gasteiger partial charge in [0.2, 0.25) is 0 Å². The number of ether oxygens (including phenoxy) is 1. The van der Waals surface area contributed by atoms with Gasteiger partial charge in [0.05, 0.1) is 7.11 Å². The molecule has 17 heavy (non-hydrogen) atoms. The quantitative estimate of drug-likeness (QED) is 0.862. The van der Waals surface area contributed by atoms with Crippen LogP contribution in [-0.4, -0.2) is 19.7 Å². The van der Waals surface area contributed by atoms with E-state index in [0.29, 0.717) is 0 Å². The zero-order valence-electron chi connectivity index (χ0n) is 11.0. The van der Waals surface area contributed by atoms with Gasteiger partial charge in [0.25, 0.3) is 0 Å². The fourth-order valence-electron chi connectivity index (χ4n) is 2.96. The fraction of sp³-hybridized carbons (Fsp3) is 0.600. The monoisotopic (exact) mass is 233 g/mol. The summed E-state index contributed by atoms with van der Waals surface area (Å²) in [5.74, 6) is 1.02. The number of para-hydroxylation sites is 1. The van der Waals surface area contributed by atoms with Crippen molar-refractivity contribution in [2.75, 3.05) is 14.2 Å². The number of nitrogens with one attached hydrogen (secondary N) is 1. The lowest BCUT2D eigenvalue weighted by Crippen LogP contribution is -2.46. The first kappa shape index (κ1) is 12.4. The van der Waals surface area contributed by atoms with Gasteiger partial charge in [0.1, 0.15) is 5.75 Å². The van der Waals surface area contributed by atoms with Gasteiger partial charge in [0, 0.05) is 5.54 Å². The Balaban J connectivity index is 2.17. The van der Waals surface area contributed by atoms with Crippen molar-refractivity contribution in [1.29, 1.82) is 0 Å². The first-order valence-corrected chi connectivity index (χ1v) is 6.60. The molecule has 0 aliphatic heterocycles. The number of benzene rings is 1. The summed E-state index contributed by atoms with van der Waals surface area (Å²) in [6, 6.07) is 8.38. The summed E-state index contributed by atoms with van der Waals surface area (Å²) in [5, 5.41) is 3.56. The van der Waals surface area contributed by atoms with E-state index in [4.69, 9.17) is 4.74 Å². The number of methoxy groups -OCH3 is 1. The molecule has 94 valence electrons. The molecule has 0 amide bonds. The maximum Gasteiger partial charge on any atom is 0.122 e. The first-order valence-electron chi connectivity index (χ1n) is 6.60. The molecule has 0 unspecified atom stereocenters. The molecular formula is C15H23NO. The standard InChI is InChI=1S/C15H23NO/c1-16-15(10-6-3-7-11-15)12-13-8-4-5-9-14(13)17-2/h4-5,8-9,16H,3,6-7,10-12H2,1-2H3. The largest absolute Gasteiger partial charge is 0.496 e. The van der Waals surface area contributed by atoms with Crippen LogP contribution in [0.2, 0.25) is 0 Å². The van der Waals surface area contributed by atoms with Crippen LogP contribution >= 0.6 is 0 Å². The van der Waals surface area contributed by atoms with Crippen LogP contribution in [-0.2, 0) is 6.42 Å². The van der Waals surface area contributed by atoms with Gasteiger partial charge in [-0.3, -0.25) is 0 Å². The number of likely N-dealkylation sites (N-methyl/N-ethyl adjacent to an activating group) is 1. The number of hydrogen-bond donors (Lipinski definition) is 1. The second-order valence-electron chi connectivity index (χ2n) is 5.08. The van der Waals surface area contributed by atoms with Gasteiger partial charge in [-0.25, -0.2) is 0 Å². The Labute approximate surface area is 104 Å². The smallest absolute Gasteiger partial charge is 0.122 e. The predicted molar refractivity (Wildman–Crippen MR) is 71.6 cm³/mol. The van der Waals surface area contributed by atoms with Gasteiger partial charge in [-0.1, -0.05) is 37.5 Å². The lowest BCUT2D eigenvalue weighted by atomic mass is 9.77. The van der Waals surface area contributed by atoms with E-state index in [2.05, 4.69) is 30.6 Å². The van der Waals surface area contributed by atoms with Crippen molar-refractivity contribution in [3.63, 3.8) is 0 Å². The Hall–Kier alpha value is -1.02. The second-order valence-corrected chi connectivity index (χ2v) is 5.08. The van der Waals surface area contributed by atoms with Crippen LogP contribution in [0.25, 0.3) is 0 Å². The molecule has 2 nitrogen and oxygen atoms in total. The van der Waals surface area contributed by atoms with Crippen LogP contribution < -0.4 is 10.1 Å². The van der Waals surface area contributed by atoms with E-state index in [9.17, 15) is 0 Å². The maximum absolute atomic E-state index is 5.45. The number of hydrogen-bond acceptors (Lipinski definition) is 2. The first-order chi connectivity index (χ1) is 8.29. The van der Waals surface area contributed by atoms with Gasteiger partial charge < -0.3 is 10.1 Å². The van der Waals surface area contributed by atoms with Crippen LogP contribution in [0, 0.1) is 0 Å². The Morgan fingerprint density at radius 1 is 1.18 bits per heavy atom. The zero-order chi connectivity index (χ0) is 12.1. The van der Waals surface area contributed by atoms with Crippen molar-refractivity contribution in [3.05, 3.63) is 29.8 Å². The highest BCUT2D eigenvalue weighted by atomic mass is 16.5. The van der Waals surface area contributed by atoms with E-state index >= 15 is 0 Å². The van der Waals surface area contributed by atoms with Gasteiger partial charge in [-0.15, -0.1) is 0 Å². The van der Waals surface area contributed by atoms with Crippen LogP contribution in [0.3, 0.4) is 0 Å². The summed E-state index contributed by atoms with van der Waals surface area (Å²) in [4.78, 5) is 0. The highest BCUT2D eigenvalue weighted by Gasteiger charge is 2.31. The Morgan fingerprint density at radius 2 is 1.88 bits per heavy atom. The van der Waals surface area contributed by atoms with Crippen LogP contribution in [0.1, 0.15) is 37.7 Å². The molecule has 0 saturated heterocycles. The van der Waals surface area contributed by atoms with Gasteiger partial charge in [-0.2, -0.15) is 0 Å². The molecule has 1 aliphatic rings. The summed E-state index contributed by atoms with van der Waals surface area (Å²) < 4.78 is 5.45. The van der Waals surface area contributed by atoms with Crippen molar-refractivity contribution in [2.24, 2.45) is 0 Å². The topological polar surface area (TPSA) is 21.3 Å². The normalized spacial score (nSPS) is 18.9. The molecule has 0 spiro atoms. The van der Waals surface area contributed by atoms with E-state index in [0.717, 1.165) is 12.2 Å². The average Bonchev–Trinajstić information content (AvgIpc) is 2.40. The SMILES string of the molecule is CNC1(Cc2ccccc2OC)CCCCC1. The fourth-order valence-corrected chi connectivity index (χ4v) is 2.96. The second kappa shape index (κ2) is 5.54. The molecule has 1 aromatic carbocycles. The summed E-state index contributed by atoms with van der Waals surface area (Å²) in [6.07, 6.45) is 7.71. The Morgan fingerprint density at radius 3 is 2.53 bits per heavy atom. The van der Waals surface area contributed by atoms with Gasteiger partial charge in [0.15, 0.2) is 0 Å². The van der Waals surface area contributed by atoms with Crippen molar-refractivity contribution in [1.82, 2.24) is 5.32 Å². The molecular weight excluding hydrogens is 210 g/mol. The molecule has 2 heteroatoms. The highest BCUT2D eigenvalue weighted by molar-refractivity contribution is 5.34. The van der Waals surface area contributed by atoms with Crippen molar-refractivity contribution < 1.29 is 4.74 Å². The molecule has 1 fully saturated rings. The lowest BCUT2D eigenvalue weighted by molar-refractivity contribution is 0.242. The molecule has 0 aromatic heterocycles. The lowest BCUT2D eigenvalue weighted by Gasteiger charge is -2.37. The summed E-state index contributed by atoms with van der Waals surface area (Å²) in [5.41, 5.74) is 1.61. The van der Waals surface area contributed by atoms with E-state index in [1.165, 1.54) is 37.7 Å². The molecule has 0 atom stereocenters. The van der Waals surface area contributed by atoms with Crippen molar-refractivity contribution >= 4 is 0 Å². The maximum atomic E-state index is 5.45. The molecule has 0 radical (unpaired) electrons. The van der Waals surface area contributed by atoms with Crippen molar-refractivity contribution in [2.45, 2.75) is 44.1 Å². The minimum atomic E-state index is 0.285. The van der Waals surface area contributed by atoms with Crippen molar-refractivity contribution in [3.8, 4) is 5.75 Å². The van der Waals surface area contributed by atoms with Crippen LogP contribution in [0.5, 0.6) is 5.75 Å². The minimum absolute atomic E-state index is 0.285. The third-order valence-electron chi connectivity index (χ3n) is 4.06. The van der Waals surface area contributed by atoms with Crippen LogP contribution in [0.4, 0.5) is 0 Å². The highest BCUT2D eigenvalue weighted by Crippen LogP contribution is 2.33. The Bertz CT molecular complexity index is 356. The van der Waals surface area contributed by atoms with E-state index in [1.807, 2.05) is 6.07 Å². The molecule has 1 saturated carbocycles. The summed E-state index contributed by atoms with van der Waals surface area (Å²) >= 11 is 0. The third-order valence-corrected chi connectivity index (χ3v) is 4.06. The summed E-state index contributed by atoms with van der Waals surface area (Å²) in [6.45, 7) is 0. The van der Waals surface area contributed by atoms with E-state index < -0.39 is 0 Å². The molecule has 1 N–H and O–H groups in total. The van der Waals surface area contributed by atoms with Gasteiger partial charge in [-0.05, 0) is 37.9 Å². The van der Waals surface area contributed by atoms with Gasteiger partial charge >= 0.3 is 0 Å². The molecule has 1 aliphatic carbocycles. The molecule has 0 heterocycles.